The fourth-order valence-electron chi connectivity index (χ4n) is 4.37. The lowest BCUT2D eigenvalue weighted by molar-refractivity contribution is -0.138. The average molecular weight is 424 g/mol. The Balaban J connectivity index is 1.93. The van der Waals surface area contributed by atoms with Crippen LogP contribution in [0.15, 0.2) is 30.3 Å². The maximum absolute atomic E-state index is 14.0. The van der Waals surface area contributed by atoms with E-state index in [-0.39, 0.29) is 29.3 Å². The van der Waals surface area contributed by atoms with Gasteiger partial charge < -0.3 is 15.6 Å². The fraction of sp³-hybridized carbons (Fsp3) is 0.583. The monoisotopic (exact) mass is 423 g/mol. The molecule has 0 aromatic heterocycles. The molecule has 166 valence electrons. The number of hydrogen-bond acceptors (Lipinski definition) is 3. The Morgan fingerprint density at radius 3 is 2.17 bits per heavy atom. The second-order valence-corrected chi connectivity index (χ2v) is 9.91. The molecular weight excluding hydrogens is 391 g/mol. The van der Waals surface area contributed by atoms with Crippen LogP contribution in [0.25, 0.3) is 10.8 Å². The van der Waals surface area contributed by atoms with Crippen LogP contribution in [0.5, 0.6) is 5.75 Å². The molecule has 1 aliphatic carbocycles. The van der Waals surface area contributed by atoms with Crippen molar-refractivity contribution >= 4 is 10.8 Å². The highest BCUT2D eigenvalue weighted by atomic mass is 19.4. The standard InChI is InChI=1S/C24H32F3NO2/c1-22(2,3)16-6-9-18(10-7-16)30-20-12-5-15-13-17(23(4,28)14-29)8-11-19(15)21(20)24(25,26)27/h5,8,11-13,16,18,29H,6-7,9-10,14,28H2,1-4H3. The van der Waals surface area contributed by atoms with E-state index in [1.807, 2.05) is 0 Å². The lowest BCUT2D eigenvalue weighted by atomic mass is 9.72. The van der Waals surface area contributed by atoms with Crippen LogP contribution in [0.4, 0.5) is 13.2 Å². The summed E-state index contributed by atoms with van der Waals surface area (Å²) in [6.45, 7) is 7.97. The fourth-order valence-corrected chi connectivity index (χ4v) is 4.37. The van der Waals surface area contributed by atoms with Crippen molar-refractivity contribution in [3.05, 3.63) is 41.5 Å². The minimum atomic E-state index is -4.54. The van der Waals surface area contributed by atoms with Gasteiger partial charge in [0.1, 0.15) is 11.3 Å². The van der Waals surface area contributed by atoms with Crippen molar-refractivity contribution in [3.63, 3.8) is 0 Å². The van der Waals surface area contributed by atoms with E-state index in [1.165, 1.54) is 12.1 Å². The first-order chi connectivity index (χ1) is 13.8. The first-order valence-corrected chi connectivity index (χ1v) is 10.5. The van der Waals surface area contributed by atoms with Crippen LogP contribution in [0, 0.1) is 11.3 Å². The molecule has 6 heteroatoms. The van der Waals surface area contributed by atoms with Gasteiger partial charge in [0, 0.05) is 0 Å². The number of hydrogen-bond donors (Lipinski definition) is 2. The maximum atomic E-state index is 14.0. The van der Waals surface area contributed by atoms with Gasteiger partial charge in [-0.25, -0.2) is 0 Å². The van der Waals surface area contributed by atoms with Crippen molar-refractivity contribution in [1.29, 1.82) is 0 Å². The van der Waals surface area contributed by atoms with Gasteiger partial charge in [-0.1, -0.05) is 39.0 Å². The minimum Gasteiger partial charge on any atom is -0.490 e. The summed E-state index contributed by atoms with van der Waals surface area (Å²) in [4.78, 5) is 0. The van der Waals surface area contributed by atoms with Crippen LogP contribution < -0.4 is 10.5 Å². The number of aliphatic hydroxyl groups excluding tert-OH is 1. The molecule has 1 aliphatic rings. The Morgan fingerprint density at radius 2 is 1.63 bits per heavy atom. The quantitative estimate of drug-likeness (QED) is 0.633. The lowest BCUT2D eigenvalue weighted by Crippen LogP contribution is -2.36. The number of halogens is 3. The Labute approximate surface area is 176 Å². The molecule has 1 saturated carbocycles. The van der Waals surface area contributed by atoms with Gasteiger partial charge in [-0.3, -0.25) is 0 Å². The van der Waals surface area contributed by atoms with Crippen molar-refractivity contribution in [3.8, 4) is 5.75 Å². The SMILES string of the molecule is CC(N)(CO)c1ccc2c(C(F)(F)F)c(OC3CCC(C(C)(C)C)CC3)ccc2c1. The summed E-state index contributed by atoms with van der Waals surface area (Å²) in [5.41, 5.74) is 5.07. The molecule has 3 N–H and O–H groups in total. The van der Waals surface area contributed by atoms with Gasteiger partial charge in [-0.2, -0.15) is 13.2 Å². The zero-order valence-electron chi connectivity index (χ0n) is 18.1. The van der Waals surface area contributed by atoms with Gasteiger partial charge in [-0.15, -0.1) is 0 Å². The maximum Gasteiger partial charge on any atom is 0.420 e. The molecule has 0 saturated heterocycles. The third-order valence-electron chi connectivity index (χ3n) is 6.45. The molecule has 0 aliphatic heterocycles. The summed E-state index contributed by atoms with van der Waals surface area (Å²) >= 11 is 0. The number of alkyl halides is 3. The largest absolute Gasteiger partial charge is 0.490 e. The van der Waals surface area contributed by atoms with E-state index in [9.17, 15) is 18.3 Å². The summed E-state index contributed by atoms with van der Waals surface area (Å²) in [7, 11) is 0. The van der Waals surface area contributed by atoms with E-state index >= 15 is 0 Å². The smallest absolute Gasteiger partial charge is 0.420 e. The predicted octanol–water partition coefficient (Wildman–Crippen LogP) is 6.01. The molecule has 2 aromatic carbocycles. The first-order valence-electron chi connectivity index (χ1n) is 10.5. The van der Waals surface area contributed by atoms with E-state index in [2.05, 4.69) is 20.8 Å². The van der Waals surface area contributed by atoms with Gasteiger partial charge in [0.05, 0.1) is 18.2 Å². The molecule has 1 atom stereocenters. The Hall–Kier alpha value is -1.79. The van der Waals surface area contributed by atoms with Gasteiger partial charge in [-0.05, 0) is 72.4 Å². The first kappa shape index (κ1) is 22.9. The van der Waals surface area contributed by atoms with Gasteiger partial charge in [0.2, 0.25) is 0 Å². The molecule has 0 spiro atoms. The summed E-state index contributed by atoms with van der Waals surface area (Å²) in [6, 6.07) is 7.64. The molecule has 0 radical (unpaired) electrons. The molecule has 0 bridgehead atoms. The number of rotatable bonds is 4. The molecule has 3 rings (SSSR count). The molecular formula is C24H32F3NO2. The molecule has 0 heterocycles. The zero-order chi connectivity index (χ0) is 22.3. The minimum absolute atomic E-state index is 0.0841. The number of aliphatic hydroxyl groups is 1. The summed E-state index contributed by atoms with van der Waals surface area (Å²) in [5.74, 6) is 0.450. The average Bonchev–Trinajstić information content (AvgIpc) is 2.66. The molecule has 3 nitrogen and oxygen atoms in total. The zero-order valence-corrected chi connectivity index (χ0v) is 18.1. The van der Waals surface area contributed by atoms with Crippen LogP contribution in [0.1, 0.15) is 64.5 Å². The van der Waals surface area contributed by atoms with Crippen LogP contribution >= 0.6 is 0 Å². The molecule has 2 aromatic rings. The van der Waals surface area contributed by atoms with Crippen molar-refractivity contribution in [1.82, 2.24) is 0 Å². The van der Waals surface area contributed by atoms with Crippen LogP contribution in [-0.2, 0) is 11.7 Å². The van der Waals surface area contributed by atoms with Gasteiger partial charge in [0.15, 0.2) is 0 Å². The molecule has 1 unspecified atom stereocenters. The van der Waals surface area contributed by atoms with E-state index < -0.39 is 17.3 Å². The van der Waals surface area contributed by atoms with Crippen LogP contribution in [0.3, 0.4) is 0 Å². The summed E-state index contributed by atoms with van der Waals surface area (Å²) < 4.78 is 47.9. The Bertz CT molecular complexity index is 892. The van der Waals surface area contributed by atoms with Gasteiger partial charge >= 0.3 is 6.18 Å². The van der Waals surface area contributed by atoms with E-state index in [0.717, 1.165) is 25.7 Å². The normalized spacial score (nSPS) is 22.7. The Morgan fingerprint density at radius 1 is 1.00 bits per heavy atom. The highest BCUT2D eigenvalue weighted by Gasteiger charge is 2.38. The second kappa shape index (κ2) is 8.04. The number of ether oxygens (including phenoxy) is 1. The van der Waals surface area contributed by atoms with E-state index in [0.29, 0.717) is 16.9 Å². The number of fused-ring (bicyclic) bond motifs is 1. The summed E-state index contributed by atoms with van der Waals surface area (Å²) in [5, 5.41) is 9.98. The highest BCUT2D eigenvalue weighted by molar-refractivity contribution is 5.89. The Kier molecular flexibility index (Phi) is 6.14. The third kappa shape index (κ3) is 4.75. The molecule has 0 amide bonds. The third-order valence-corrected chi connectivity index (χ3v) is 6.45. The second-order valence-electron chi connectivity index (χ2n) is 9.91. The molecule has 30 heavy (non-hydrogen) atoms. The van der Waals surface area contributed by atoms with Gasteiger partial charge in [0.25, 0.3) is 0 Å². The van der Waals surface area contributed by atoms with E-state index in [4.69, 9.17) is 10.5 Å². The summed E-state index contributed by atoms with van der Waals surface area (Å²) in [6.07, 6.45) is -1.30. The number of nitrogens with two attached hydrogens (primary N) is 1. The lowest BCUT2D eigenvalue weighted by Gasteiger charge is -2.37. The van der Waals surface area contributed by atoms with Crippen molar-refractivity contribution in [2.24, 2.45) is 17.1 Å². The number of benzene rings is 2. The van der Waals surface area contributed by atoms with Crippen molar-refractivity contribution in [2.45, 2.75) is 71.2 Å². The van der Waals surface area contributed by atoms with Crippen LogP contribution in [0.2, 0.25) is 0 Å². The molecule has 1 fully saturated rings. The predicted molar refractivity (Wildman–Crippen MR) is 113 cm³/mol. The highest BCUT2D eigenvalue weighted by Crippen LogP contribution is 2.44. The van der Waals surface area contributed by atoms with Crippen molar-refractivity contribution in [2.75, 3.05) is 6.61 Å². The van der Waals surface area contributed by atoms with Crippen molar-refractivity contribution < 1.29 is 23.0 Å². The van der Waals surface area contributed by atoms with Crippen LogP contribution in [-0.4, -0.2) is 17.8 Å². The van der Waals surface area contributed by atoms with E-state index in [1.54, 1.807) is 25.1 Å². The topological polar surface area (TPSA) is 55.5 Å².